The van der Waals surface area contributed by atoms with Crippen molar-refractivity contribution in [1.82, 2.24) is 4.90 Å². The Kier molecular flexibility index (Phi) is 3.58. The van der Waals surface area contributed by atoms with Crippen LogP contribution in [-0.2, 0) is 4.74 Å². The molecule has 0 bridgehead atoms. The van der Waals surface area contributed by atoms with Gasteiger partial charge in [-0.15, -0.1) is 0 Å². The third kappa shape index (κ3) is 2.79. The molecule has 4 heteroatoms. The van der Waals surface area contributed by atoms with Gasteiger partial charge in [0.15, 0.2) is 0 Å². The Morgan fingerprint density at radius 2 is 1.94 bits per heavy atom. The van der Waals surface area contributed by atoms with E-state index in [1.165, 1.54) is 12.8 Å². The quantitative estimate of drug-likeness (QED) is 0.721. The second-order valence-corrected chi connectivity index (χ2v) is 6.94. The average Bonchev–Trinajstić information content (AvgIpc) is 2.66. The Hall–Kier alpha value is -0.770. The molecule has 104 valence electrons. The van der Waals surface area contributed by atoms with E-state index in [0.717, 1.165) is 13.1 Å². The number of carbonyl (C=O) groups is 1. The molecule has 4 atom stereocenters. The van der Waals surface area contributed by atoms with Crippen LogP contribution in [0, 0.1) is 17.8 Å². The molecule has 1 saturated carbocycles. The highest BCUT2D eigenvalue weighted by Crippen LogP contribution is 2.38. The van der Waals surface area contributed by atoms with Crippen LogP contribution in [0.15, 0.2) is 0 Å². The highest BCUT2D eigenvalue weighted by Gasteiger charge is 2.43. The van der Waals surface area contributed by atoms with Gasteiger partial charge in [-0.05, 0) is 51.4 Å². The van der Waals surface area contributed by atoms with Crippen LogP contribution in [-0.4, -0.2) is 35.7 Å². The molecule has 0 aromatic heterocycles. The largest absolute Gasteiger partial charge is 0.444 e. The maximum Gasteiger partial charge on any atom is 0.410 e. The molecule has 18 heavy (non-hydrogen) atoms. The van der Waals surface area contributed by atoms with Gasteiger partial charge in [-0.2, -0.15) is 0 Å². The van der Waals surface area contributed by atoms with E-state index in [-0.39, 0.29) is 12.1 Å². The van der Waals surface area contributed by atoms with E-state index < -0.39 is 5.60 Å². The van der Waals surface area contributed by atoms with Gasteiger partial charge >= 0.3 is 6.09 Å². The van der Waals surface area contributed by atoms with Gasteiger partial charge in [0, 0.05) is 19.1 Å². The normalized spacial score (nSPS) is 36.4. The number of nitrogens with zero attached hydrogens (tertiary/aromatic N) is 1. The van der Waals surface area contributed by atoms with Gasteiger partial charge in [-0.1, -0.05) is 6.92 Å². The lowest BCUT2D eigenvalue weighted by molar-refractivity contribution is 0.0283. The second kappa shape index (κ2) is 4.72. The molecule has 1 heterocycles. The summed E-state index contributed by atoms with van der Waals surface area (Å²) >= 11 is 0. The summed E-state index contributed by atoms with van der Waals surface area (Å²) in [6, 6.07) is 0.233. The number of carbonyl (C=O) groups excluding carboxylic acids is 1. The second-order valence-electron chi connectivity index (χ2n) is 6.94. The minimum Gasteiger partial charge on any atom is -0.444 e. The molecule has 2 N–H and O–H groups in total. The Balaban J connectivity index is 1.97. The molecule has 0 spiro atoms. The average molecular weight is 254 g/mol. The van der Waals surface area contributed by atoms with Gasteiger partial charge in [0.05, 0.1) is 0 Å². The summed E-state index contributed by atoms with van der Waals surface area (Å²) in [5.41, 5.74) is 5.86. The van der Waals surface area contributed by atoms with Gasteiger partial charge in [0.2, 0.25) is 0 Å². The number of ether oxygens (including phenoxy) is 1. The summed E-state index contributed by atoms with van der Waals surface area (Å²) in [5.74, 6) is 1.61. The first kappa shape index (κ1) is 13.7. The fourth-order valence-electron chi connectivity index (χ4n) is 3.20. The SMILES string of the molecule is CC1CC[C@H]2CN(C(=O)OC(C)(C)C)C[C@H]2[C@H]1N. The molecule has 1 aliphatic heterocycles. The van der Waals surface area contributed by atoms with Crippen molar-refractivity contribution in [2.45, 2.75) is 52.2 Å². The van der Waals surface area contributed by atoms with Crippen molar-refractivity contribution in [3.63, 3.8) is 0 Å². The number of nitrogens with two attached hydrogens (primary N) is 1. The van der Waals surface area contributed by atoms with Crippen molar-refractivity contribution in [2.24, 2.45) is 23.5 Å². The minimum absolute atomic E-state index is 0.184. The van der Waals surface area contributed by atoms with E-state index in [4.69, 9.17) is 10.5 Å². The van der Waals surface area contributed by atoms with Crippen molar-refractivity contribution in [3.05, 3.63) is 0 Å². The summed E-state index contributed by atoms with van der Waals surface area (Å²) < 4.78 is 5.44. The van der Waals surface area contributed by atoms with Gasteiger partial charge in [0.25, 0.3) is 0 Å². The third-order valence-electron chi connectivity index (χ3n) is 4.29. The molecule has 4 nitrogen and oxygen atoms in total. The lowest BCUT2D eigenvalue weighted by Gasteiger charge is -2.35. The molecule has 1 saturated heterocycles. The van der Waals surface area contributed by atoms with E-state index in [1.54, 1.807) is 0 Å². The van der Waals surface area contributed by atoms with Gasteiger partial charge in [-0.25, -0.2) is 4.79 Å². The molecule has 2 rings (SSSR count). The molecule has 1 unspecified atom stereocenters. The maximum atomic E-state index is 12.1. The molecule has 1 amide bonds. The Labute approximate surface area is 110 Å². The highest BCUT2D eigenvalue weighted by atomic mass is 16.6. The first-order valence-electron chi connectivity index (χ1n) is 7.01. The smallest absolute Gasteiger partial charge is 0.410 e. The van der Waals surface area contributed by atoms with Crippen LogP contribution in [0.25, 0.3) is 0 Å². The number of hydrogen-bond acceptors (Lipinski definition) is 3. The van der Waals surface area contributed by atoms with Crippen LogP contribution in [0.3, 0.4) is 0 Å². The topological polar surface area (TPSA) is 55.6 Å². The van der Waals surface area contributed by atoms with Crippen molar-refractivity contribution < 1.29 is 9.53 Å². The number of fused-ring (bicyclic) bond motifs is 1. The molecular formula is C14H26N2O2. The molecule has 0 aromatic carbocycles. The molecule has 2 fully saturated rings. The zero-order chi connectivity index (χ0) is 13.5. The minimum atomic E-state index is -0.416. The highest BCUT2D eigenvalue weighted by molar-refractivity contribution is 5.68. The van der Waals surface area contributed by atoms with Crippen LogP contribution < -0.4 is 5.73 Å². The lowest BCUT2D eigenvalue weighted by Crippen LogP contribution is -2.44. The maximum absolute atomic E-state index is 12.1. The van der Waals surface area contributed by atoms with Crippen LogP contribution in [0.2, 0.25) is 0 Å². The zero-order valence-electron chi connectivity index (χ0n) is 12.0. The first-order chi connectivity index (χ1) is 8.28. The van der Waals surface area contributed by atoms with Crippen LogP contribution >= 0.6 is 0 Å². The monoisotopic (exact) mass is 254 g/mol. The van der Waals surface area contributed by atoms with E-state index >= 15 is 0 Å². The Morgan fingerprint density at radius 3 is 2.56 bits per heavy atom. The van der Waals surface area contributed by atoms with E-state index in [9.17, 15) is 4.79 Å². The van der Waals surface area contributed by atoms with Crippen molar-refractivity contribution in [3.8, 4) is 0 Å². The summed E-state index contributed by atoms with van der Waals surface area (Å²) in [6.07, 6.45) is 2.19. The molecule has 1 aliphatic carbocycles. The summed E-state index contributed by atoms with van der Waals surface area (Å²) in [5, 5.41) is 0. The Bertz CT molecular complexity index is 324. The van der Waals surface area contributed by atoms with Gasteiger partial charge < -0.3 is 15.4 Å². The third-order valence-corrected chi connectivity index (χ3v) is 4.29. The Morgan fingerprint density at radius 1 is 1.28 bits per heavy atom. The van der Waals surface area contributed by atoms with E-state index in [2.05, 4.69) is 6.92 Å². The number of rotatable bonds is 0. The first-order valence-corrected chi connectivity index (χ1v) is 7.01. The van der Waals surface area contributed by atoms with Crippen LogP contribution in [0.1, 0.15) is 40.5 Å². The number of likely N-dealkylation sites (tertiary alicyclic amines) is 1. The lowest BCUT2D eigenvalue weighted by atomic mass is 9.73. The predicted molar refractivity (Wildman–Crippen MR) is 71.2 cm³/mol. The van der Waals surface area contributed by atoms with Crippen LogP contribution in [0.5, 0.6) is 0 Å². The van der Waals surface area contributed by atoms with Gasteiger partial charge in [0.1, 0.15) is 5.60 Å². The van der Waals surface area contributed by atoms with Crippen molar-refractivity contribution in [2.75, 3.05) is 13.1 Å². The van der Waals surface area contributed by atoms with E-state index in [0.29, 0.717) is 17.8 Å². The van der Waals surface area contributed by atoms with Crippen LogP contribution in [0.4, 0.5) is 4.79 Å². The molecule has 0 aromatic rings. The molecular weight excluding hydrogens is 228 g/mol. The number of amides is 1. The molecule has 0 radical (unpaired) electrons. The van der Waals surface area contributed by atoms with Crippen molar-refractivity contribution >= 4 is 6.09 Å². The van der Waals surface area contributed by atoms with Gasteiger partial charge in [-0.3, -0.25) is 0 Å². The molecule has 2 aliphatic rings. The fraction of sp³-hybridized carbons (Fsp3) is 0.929. The summed E-state index contributed by atoms with van der Waals surface area (Å²) in [7, 11) is 0. The summed E-state index contributed by atoms with van der Waals surface area (Å²) in [6.45, 7) is 9.52. The fourth-order valence-corrected chi connectivity index (χ4v) is 3.20. The van der Waals surface area contributed by atoms with E-state index in [1.807, 2.05) is 25.7 Å². The van der Waals surface area contributed by atoms with Crippen molar-refractivity contribution in [1.29, 1.82) is 0 Å². The number of hydrogen-bond donors (Lipinski definition) is 1. The standard InChI is InChI=1S/C14H26N2O2/c1-9-5-6-10-7-16(8-11(10)12(9)15)13(17)18-14(2,3)4/h9-12H,5-8,15H2,1-4H3/t9?,10-,11+,12-/m0/s1. The summed E-state index contributed by atoms with van der Waals surface area (Å²) in [4.78, 5) is 13.9. The zero-order valence-corrected chi connectivity index (χ0v) is 12.0. The predicted octanol–water partition coefficient (Wildman–Crippen LogP) is 2.23.